The zero-order valence-electron chi connectivity index (χ0n) is 18.9. The maximum atomic E-state index is 14.2. The Balaban J connectivity index is 2.01. The van der Waals surface area contributed by atoms with E-state index in [9.17, 15) is 23.1 Å². The van der Waals surface area contributed by atoms with Crippen molar-refractivity contribution in [1.82, 2.24) is 9.97 Å². The van der Waals surface area contributed by atoms with Gasteiger partial charge in [-0.2, -0.15) is 4.98 Å². The predicted molar refractivity (Wildman–Crippen MR) is 122 cm³/mol. The van der Waals surface area contributed by atoms with Crippen molar-refractivity contribution in [3.63, 3.8) is 0 Å². The number of ether oxygens (including phenoxy) is 1. The molecule has 0 aliphatic rings. The molecule has 2 amide bonds. The first kappa shape index (κ1) is 24.8. The van der Waals surface area contributed by atoms with Crippen LogP contribution in [0, 0.1) is 17.5 Å². The number of nitrogens with zero attached hydrogens (tertiary/aromatic N) is 3. The third-order valence-electron chi connectivity index (χ3n) is 5.04. The number of aromatic nitrogens is 2. The SMILES string of the molecule is COc1ccc(N(C(=O)Nc2cc(F)cc(F)c2F)c2ccnc(NC(C)C(C)(C)O)n2)cc1. The second-order valence-electron chi connectivity index (χ2n) is 7.97. The van der Waals surface area contributed by atoms with E-state index in [0.717, 1.165) is 4.90 Å². The molecule has 1 atom stereocenters. The molecule has 11 heteroatoms. The van der Waals surface area contributed by atoms with Crippen molar-refractivity contribution in [1.29, 1.82) is 0 Å². The Morgan fingerprint density at radius 3 is 2.44 bits per heavy atom. The lowest BCUT2D eigenvalue weighted by atomic mass is 10.0. The molecule has 1 heterocycles. The van der Waals surface area contributed by atoms with Crippen LogP contribution >= 0.6 is 0 Å². The number of carbonyl (C=O) groups is 1. The van der Waals surface area contributed by atoms with E-state index >= 15 is 0 Å². The summed E-state index contributed by atoms with van der Waals surface area (Å²) in [6, 6.07) is 7.37. The molecule has 1 aromatic heterocycles. The van der Waals surface area contributed by atoms with Crippen molar-refractivity contribution in [2.45, 2.75) is 32.4 Å². The second kappa shape index (κ2) is 9.96. The highest BCUT2D eigenvalue weighted by Gasteiger charge is 2.25. The maximum Gasteiger partial charge on any atom is 0.332 e. The molecular weight excluding hydrogens is 451 g/mol. The third-order valence-corrected chi connectivity index (χ3v) is 5.04. The number of methoxy groups -OCH3 is 1. The van der Waals surface area contributed by atoms with Crippen LogP contribution in [-0.2, 0) is 0 Å². The van der Waals surface area contributed by atoms with Gasteiger partial charge in [-0.15, -0.1) is 0 Å². The van der Waals surface area contributed by atoms with Crippen molar-refractivity contribution in [3.8, 4) is 5.75 Å². The van der Waals surface area contributed by atoms with Crippen LogP contribution in [0.25, 0.3) is 0 Å². The van der Waals surface area contributed by atoms with E-state index in [-0.39, 0.29) is 11.8 Å². The van der Waals surface area contributed by atoms with Crippen LogP contribution in [0.1, 0.15) is 20.8 Å². The Bertz CT molecular complexity index is 1170. The van der Waals surface area contributed by atoms with E-state index in [1.165, 1.54) is 19.4 Å². The maximum absolute atomic E-state index is 14.2. The van der Waals surface area contributed by atoms with Crippen molar-refractivity contribution in [2.75, 3.05) is 22.6 Å². The van der Waals surface area contributed by atoms with Gasteiger partial charge in [-0.1, -0.05) is 0 Å². The summed E-state index contributed by atoms with van der Waals surface area (Å²) in [6.45, 7) is 4.95. The van der Waals surface area contributed by atoms with Gasteiger partial charge in [0.2, 0.25) is 5.95 Å². The molecule has 0 saturated carbocycles. The fraction of sp³-hybridized carbons (Fsp3) is 0.261. The summed E-state index contributed by atoms with van der Waals surface area (Å²) in [6.07, 6.45) is 1.38. The zero-order chi connectivity index (χ0) is 25.0. The molecule has 180 valence electrons. The molecule has 0 saturated heterocycles. The lowest BCUT2D eigenvalue weighted by molar-refractivity contribution is 0.0646. The lowest BCUT2D eigenvalue weighted by Crippen LogP contribution is -2.40. The van der Waals surface area contributed by atoms with Crippen molar-refractivity contribution in [3.05, 3.63) is 66.1 Å². The summed E-state index contributed by atoms with van der Waals surface area (Å²) < 4.78 is 46.6. The molecule has 0 bridgehead atoms. The molecule has 34 heavy (non-hydrogen) atoms. The summed E-state index contributed by atoms with van der Waals surface area (Å²) in [4.78, 5) is 22.7. The number of urea groups is 1. The van der Waals surface area contributed by atoms with Gasteiger partial charge in [0, 0.05) is 24.4 Å². The van der Waals surface area contributed by atoms with E-state index in [1.807, 2.05) is 0 Å². The van der Waals surface area contributed by atoms with Crippen molar-refractivity contribution in [2.24, 2.45) is 0 Å². The molecule has 0 aliphatic carbocycles. The summed E-state index contributed by atoms with van der Waals surface area (Å²) in [5.41, 5.74) is -1.47. The standard InChI is InChI=1S/C23H24F3N5O3/c1-13(23(2,3)33)28-21-27-10-9-19(30-21)31(15-5-7-16(34-4)8-6-15)22(32)29-18-12-14(24)11-17(25)20(18)26/h5-13,33H,1-4H3,(H,29,32)(H,27,28,30). The fourth-order valence-electron chi connectivity index (χ4n) is 2.82. The minimum absolute atomic E-state index is 0.0698. The number of nitrogens with one attached hydrogen (secondary N) is 2. The van der Waals surface area contributed by atoms with Gasteiger partial charge in [0.1, 0.15) is 17.4 Å². The molecule has 0 fully saturated rings. The van der Waals surface area contributed by atoms with Gasteiger partial charge >= 0.3 is 6.03 Å². The number of carbonyl (C=O) groups excluding carboxylic acids is 1. The van der Waals surface area contributed by atoms with Crippen LogP contribution in [0.3, 0.4) is 0 Å². The van der Waals surface area contributed by atoms with Gasteiger partial charge in [0.05, 0.1) is 30.1 Å². The van der Waals surface area contributed by atoms with E-state index in [0.29, 0.717) is 23.6 Å². The van der Waals surface area contributed by atoms with Gasteiger partial charge in [-0.3, -0.25) is 0 Å². The van der Waals surface area contributed by atoms with E-state index in [2.05, 4.69) is 20.6 Å². The first-order valence-corrected chi connectivity index (χ1v) is 10.2. The Hall–Kier alpha value is -3.86. The number of hydrogen-bond donors (Lipinski definition) is 3. The minimum atomic E-state index is -1.44. The van der Waals surface area contributed by atoms with E-state index in [1.54, 1.807) is 45.0 Å². The number of amides is 2. The normalized spacial score (nSPS) is 12.1. The number of halogens is 3. The molecule has 0 spiro atoms. The number of rotatable bonds is 7. The van der Waals surface area contributed by atoms with Crippen LogP contribution < -0.4 is 20.3 Å². The highest BCUT2D eigenvalue weighted by atomic mass is 19.2. The minimum Gasteiger partial charge on any atom is -0.497 e. The predicted octanol–water partition coefficient (Wildman–Crippen LogP) is 4.84. The third kappa shape index (κ3) is 5.73. The van der Waals surface area contributed by atoms with Crippen molar-refractivity contribution < 1.29 is 27.8 Å². The topological polar surface area (TPSA) is 99.6 Å². The van der Waals surface area contributed by atoms with Crippen LogP contribution in [0.2, 0.25) is 0 Å². The number of anilines is 4. The van der Waals surface area contributed by atoms with Gasteiger partial charge in [0.25, 0.3) is 0 Å². The van der Waals surface area contributed by atoms with Crippen LogP contribution in [0.5, 0.6) is 5.75 Å². The molecule has 3 rings (SSSR count). The van der Waals surface area contributed by atoms with Crippen LogP contribution in [0.4, 0.5) is 41.1 Å². The number of aliphatic hydroxyl groups is 1. The quantitative estimate of drug-likeness (QED) is 0.423. The molecule has 3 N–H and O–H groups in total. The summed E-state index contributed by atoms with van der Waals surface area (Å²) in [5.74, 6) is -3.21. The molecule has 3 aromatic rings. The monoisotopic (exact) mass is 475 g/mol. The summed E-state index contributed by atoms with van der Waals surface area (Å²) >= 11 is 0. The smallest absolute Gasteiger partial charge is 0.332 e. The zero-order valence-corrected chi connectivity index (χ0v) is 18.9. The van der Waals surface area contributed by atoms with Crippen molar-refractivity contribution >= 4 is 29.2 Å². The molecule has 0 radical (unpaired) electrons. The van der Waals surface area contributed by atoms with Gasteiger partial charge in [-0.05, 0) is 45.0 Å². The first-order chi connectivity index (χ1) is 16.0. The Morgan fingerprint density at radius 1 is 1.15 bits per heavy atom. The molecule has 1 unspecified atom stereocenters. The van der Waals surface area contributed by atoms with Crippen LogP contribution in [-0.4, -0.2) is 39.9 Å². The summed E-state index contributed by atoms with van der Waals surface area (Å²) in [7, 11) is 1.48. The molecular formula is C23H24F3N5O3. The average Bonchev–Trinajstić information content (AvgIpc) is 2.77. The summed E-state index contributed by atoms with van der Waals surface area (Å²) in [5, 5.41) is 15.3. The Kier molecular flexibility index (Phi) is 7.26. The van der Waals surface area contributed by atoms with Gasteiger partial charge in [0.15, 0.2) is 11.6 Å². The Labute approximate surface area is 194 Å². The second-order valence-corrected chi connectivity index (χ2v) is 7.97. The highest BCUT2D eigenvalue weighted by molar-refractivity contribution is 6.06. The van der Waals surface area contributed by atoms with Crippen LogP contribution in [0.15, 0.2) is 48.7 Å². The number of benzene rings is 2. The van der Waals surface area contributed by atoms with E-state index in [4.69, 9.17) is 4.74 Å². The van der Waals surface area contributed by atoms with E-state index < -0.39 is 40.8 Å². The average molecular weight is 475 g/mol. The first-order valence-electron chi connectivity index (χ1n) is 10.2. The van der Waals surface area contributed by atoms with Gasteiger partial charge < -0.3 is 20.5 Å². The largest absolute Gasteiger partial charge is 0.497 e. The van der Waals surface area contributed by atoms with Gasteiger partial charge in [-0.25, -0.2) is 27.8 Å². The Morgan fingerprint density at radius 2 is 1.82 bits per heavy atom. The number of hydrogen-bond acceptors (Lipinski definition) is 6. The highest BCUT2D eigenvalue weighted by Crippen LogP contribution is 2.29. The molecule has 0 aliphatic heterocycles. The lowest BCUT2D eigenvalue weighted by Gasteiger charge is -2.27. The molecule has 2 aromatic carbocycles. The molecule has 8 nitrogen and oxygen atoms in total. The fourth-order valence-corrected chi connectivity index (χ4v) is 2.82.